The second-order valence-electron chi connectivity index (χ2n) is 6.11. The lowest BCUT2D eigenvalue weighted by molar-refractivity contribution is -0.122. The van der Waals surface area contributed by atoms with Crippen molar-refractivity contribution in [2.45, 2.75) is 6.42 Å². The molecule has 1 aliphatic rings. The summed E-state index contributed by atoms with van der Waals surface area (Å²) in [5.74, 6) is -1.49. The number of aromatic hydroxyl groups is 1. The summed E-state index contributed by atoms with van der Waals surface area (Å²) in [5.41, 5.74) is 1.35. The van der Waals surface area contributed by atoms with E-state index in [4.69, 9.17) is 17.3 Å². The van der Waals surface area contributed by atoms with E-state index in [1.54, 1.807) is 18.2 Å². The van der Waals surface area contributed by atoms with Crippen molar-refractivity contribution in [1.82, 2.24) is 4.90 Å². The number of phenolic OH excluding ortho intramolecular Hbond substituents is 1. The number of carbonyl (C=O) groups is 3. The van der Waals surface area contributed by atoms with Crippen LogP contribution in [0.15, 0.2) is 53.4 Å². The fourth-order valence-corrected chi connectivity index (χ4v) is 3.86. The third-order valence-electron chi connectivity index (χ3n) is 4.04. The van der Waals surface area contributed by atoms with Crippen LogP contribution in [0.1, 0.15) is 22.3 Å². The summed E-state index contributed by atoms with van der Waals surface area (Å²) in [4.78, 5) is 37.4. The van der Waals surface area contributed by atoms with Crippen LogP contribution in [-0.2, 0) is 9.59 Å². The average Bonchev–Trinajstić information content (AvgIpc) is 2.95. The van der Waals surface area contributed by atoms with Gasteiger partial charge in [0, 0.05) is 18.7 Å². The molecule has 29 heavy (non-hydrogen) atoms. The molecule has 1 saturated heterocycles. The first-order chi connectivity index (χ1) is 13.8. The number of carboxylic acid groups (broad SMARTS) is 1. The molecule has 0 saturated carbocycles. The van der Waals surface area contributed by atoms with Gasteiger partial charge in [-0.05, 0) is 48.0 Å². The molecule has 0 aliphatic carbocycles. The molecule has 3 N–H and O–H groups in total. The van der Waals surface area contributed by atoms with E-state index in [9.17, 15) is 19.5 Å². The van der Waals surface area contributed by atoms with Crippen molar-refractivity contribution in [2.75, 3.05) is 11.9 Å². The van der Waals surface area contributed by atoms with Crippen LogP contribution in [0.2, 0.25) is 0 Å². The van der Waals surface area contributed by atoms with Crippen LogP contribution >= 0.6 is 24.0 Å². The normalized spacial score (nSPS) is 15.0. The molecule has 2 aromatic rings. The zero-order chi connectivity index (χ0) is 21.0. The van der Waals surface area contributed by atoms with Crippen molar-refractivity contribution in [3.63, 3.8) is 0 Å². The molecule has 0 unspecified atom stereocenters. The topological polar surface area (TPSA) is 107 Å². The van der Waals surface area contributed by atoms with Gasteiger partial charge in [-0.2, -0.15) is 0 Å². The highest BCUT2D eigenvalue weighted by atomic mass is 32.2. The summed E-state index contributed by atoms with van der Waals surface area (Å²) >= 11 is 6.41. The fourth-order valence-electron chi connectivity index (χ4n) is 2.55. The van der Waals surface area contributed by atoms with E-state index in [0.717, 1.165) is 17.3 Å². The SMILES string of the molecule is O=C(CCN1C(=O)/C(=C/c2ccc(O)cc2)SC1=S)Nc1ccc(C(=O)O)cc1. The molecule has 0 aromatic heterocycles. The van der Waals surface area contributed by atoms with E-state index >= 15 is 0 Å². The third kappa shape index (κ3) is 5.21. The Morgan fingerprint density at radius 2 is 1.76 bits per heavy atom. The number of benzene rings is 2. The first kappa shape index (κ1) is 20.6. The Balaban J connectivity index is 1.57. The van der Waals surface area contributed by atoms with Crippen LogP contribution < -0.4 is 5.32 Å². The number of aromatic carboxylic acids is 1. The Kier molecular flexibility index (Phi) is 6.30. The summed E-state index contributed by atoms with van der Waals surface area (Å²) in [6.45, 7) is 0.136. The molecule has 7 nitrogen and oxygen atoms in total. The molecule has 0 bridgehead atoms. The Morgan fingerprint density at radius 3 is 2.38 bits per heavy atom. The summed E-state index contributed by atoms with van der Waals surface area (Å²) in [5, 5.41) is 20.9. The highest BCUT2D eigenvalue weighted by Gasteiger charge is 2.32. The highest BCUT2D eigenvalue weighted by Crippen LogP contribution is 2.32. The molecule has 0 spiro atoms. The van der Waals surface area contributed by atoms with Crippen molar-refractivity contribution in [2.24, 2.45) is 0 Å². The summed E-state index contributed by atoms with van der Waals surface area (Å²) < 4.78 is 0.374. The largest absolute Gasteiger partial charge is 0.508 e. The van der Waals surface area contributed by atoms with Gasteiger partial charge in [0.2, 0.25) is 5.91 Å². The number of phenols is 1. The van der Waals surface area contributed by atoms with Crippen LogP contribution in [0.5, 0.6) is 5.75 Å². The molecule has 1 fully saturated rings. The summed E-state index contributed by atoms with van der Waals surface area (Å²) in [6, 6.07) is 12.2. The maximum Gasteiger partial charge on any atom is 0.335 e. The van der Waals surface area contributed by atoms with Gasteiger partial charge in [0.15, 0.2) is 0 Å². The van der Waals surface area contributed by atoms with Gasteiger partial charge in [-0.25, -0.2) is 4.79 Å². The Bertz CT molecular complexity index is 1000. The number of thioether (sulfide) groups is 1. The van der Waals surface area contributed by atoms with Crippen LogP contribution in [0, 0.1) is 0 Å². The lowest BCUT2D eigenvalue weighted by Gasteiger charge is -2.14. The number of hydrogen-bond donors (Lipinski definition) is 3. The zero-order valence-electron chi connectivity index (χ0n) is 15.0. The van der Waals surface area contributed by atoms with Crippen molar-refractivity contribution in [3.8, 4) is 5.75 Å². The van der Waals surface area contributed by atoms with Gasteiger partial charge in [0.1, 0.15) is 10.1 Å². The zero-order valence-corrected chi connectivity index (χ0v) is 16.6. The van der Waals surface area contributed by atoms with Crippen LogP contribution in [0.3, 0.4) is 0 Å². The monoisotopic (exact) mass is 428 g/mol. The van der Waals surface area contributed by atoms with E-state index in [-0.39, 0.29) is 36.1 Å². The first-order valence-corrected chi connectivity index (χ1v) is 9.73. The van der Waals surface area contributed by atoms with Gasteiger partial charge in [-0.15, -0.1) is 0 Å². The van der Waals surface area contributed by atoms with Crippen molar-refractivity contribution >= 4 is 57.8 Å². The molecule has 9 heteroatoms. The molecule has 3 rings (SSSR count). The number of nitrogens with zero attached hydrogens (tertiary/aromatic N) is 1. The number of rotatable bonds is 6. The summed E-state index contributed by atoms with van der Waals surface area (Å²) in [6.07, 6.45) is 1.72. The lowest BCUT2D eigenvalue weighted by Crippen LogP contribution is -2.31. The van der Waals surface area contributed by atoms with Gasteiger partial charge in [0.05, 0.1) is 10.5 Å². The van der Waals surface area contributed by atoms with E-state index in [2.05, 4.69) is 5.32 Å². The standard InChI is InChI=1S/C20H16N2O5S2/c23-15-7-1-12(2-8-15)11-16-18(25)22(20(28)29-16)10-9-17(24)21-14-5-3-13(4-6-14)19(26)27/h1-8,11,23H,9-10H2,(H,21,24)(H,26,27)/b16-11-. The van der Waals surface area contributed by atoms with Crippen LogP contribution in [0.4, 0.5) is 5.69 Å². The molecule has 148 valence electrons. The van der Waals surface area contributed by atoms with E-state index < -0.39 is 5.97 Å². The lowest BCUT2D eigenvalue weighted by atomic mass is 10.2. The van der Waals surface area contributed by atoms with Crippen LogP contribution in [0.25, 0.3) is 6.08 Å². The Morgan fingerprint density at radius 1 is 1.10 bits per heavy atom. The first-order valence-electron chi connectivity index (χ1n) is 8.51. The minimum absolute atomic E-state index is 0.0413. The predicted molar refractivity (Wildman–Crippen MR) is 115 cm³/mol. The molecule has 2 amide bonds. The highest BCUT2D eigenvalue weighted by molar-refractivity contribution is 8.26. The molecule has 1 heterocycles. The summed E-state index contributed by atoms with van der Waals surface area (Å²) in [7, 11) is 0. The molecule has 2 aromatic carbocycles. The van der Waals surface area contributed by atoms with Crippen molar-refractivity contribution < 1.29 is 24.6 Å². The Labute approximate surface area is 176 Å². The van der Waals surface area contributed by atoms with Gasteiger partial charge >= 0.3 is 5.97 Å². The van der Waals surface area contributed by atoms with Crippen molar-refractivity contribution in [1.29, 1.82) is 0 Å². The molecular formula is C20H16N2O5S2. The number of nitrogens with one attached hydrogen (secondary N) is 1. The smallest absolute Gasteiger partial charge is 0.335 e. The quantitative estimate of drug-likeness (QED) is 0.479. The minimum Gasteiger partial charge on any atom is -0.508 e. The number of hydrogen-bond acceptors (Lipinski definition) is 6. The number of anilines is 1. The fraction of sp³-hybridized carbons (Fsp3) is 0.100. The van der Waals surface area contributed by atoms with Crippen LogP contribution in [-0.4, -0.2) is 43.8 Å². The predicted octanol–water partition coefficient (Wildman–Crippen LogP) is 3.32. The molecule has 0 radical (unpaired) electrons. The molecule has 0 atom stereocenters. The van der Waals surface area contributed by atoms with Gasteiger partial charge in [0.25, 0.3) is 5.91 Å². The van der Waals surface area contributed by atoms with Gasteiger partial charge in [-0.3, -0.25) is 14.5 Å². The maximum atomic E-state index is 12.6. The van der Waals surface area contributed by atoms with Gasteiger partial charge < -0.3 is 15.5 Å². The molecular weight excluding hydrogens is 412 g/mol. The number of amides is 2. The maximum absolute atomic E-state index is 12.6. The second-order valence-corrected chi connectivity index (χ2v) is 7.78. The minimum atomic E-state index is -1.04. The molecule has 1 aliphatic heterocycles. The second kappa shape index (κ2) is 8.89. The van der Waals surface area contributed by atoms with E-state index in [1.165, 1.54) is 41.3 Å². The third-order valence-corrected chi connectivity index (χ3v) is 5.42. The van der Waals surface area contributed by atoms with Gasteiger partial charge in [-0.1, -0.05) is 36.1 Å². The van der Waals surface area contributed by atoms with E-state index in [0.29, 0.717) is 14.9 Å². The van der Waals surface area contributed by atoms with E-state index in [1.807, 2.05) is 0 Å². The Hall–Kier alpha value is -3.17. The average molecular weight is 428 g/mol. The number of carbonyl (C=O) groups excluding carboxylic acids is 2. The van der Waals surface area contributed by atoms with Crippen molar-refractivity contribution in [3.05, 3.63) is 64.6 Å². The number of carboxylic acids is 1. The number of thiocarbonyl (C=S) groups is 1.